The molecule has 0 radical (unpaired) electrons. The summed E-state index contributed by atoms with van der Waals surface area (Å²) in [5, 5.41) is 2.84. The molecule has 4 aromatic rings. The minimum Gasteiger partial charge on any atom is -0.455 e. The van der Waals surface area contributed by atoms with Crippen LogP contribution in [-0.2, 0) is 21.4 Å². The molecule has 1 amide bonds. The summed E-state index contributed by atoms with van der Waals surface area (Å²) in [4.78, 5) is 13.5. The van der Waals surface area contributed by atoms with E-state index < -0.39 is 15.9 Å². The number of nitrogens with zero attached hydrogens (tertiary/aromatic N) is 1. The van der Waals surface area contributed by atoms with Gasteiger partial charge in [0.25, 0.3) is 0 Å². The monoisotopic (exact) mass is 514 g/mol. The average molecular weight is 515 g/mol. The Morgan fingerprint density at radius 1 is 0.811 bits per heavy atom. The van der Waals surface area contributed by atoms with E-state index in [0.717, 1.165) is 11.1 Å². The predicted octanol–water partition coefficient (Wildman–Crippen LogP) is 6.23. The zero-order valence-electron chi connectivity index (χ0n) is 21.1. The van der Waals surface area contributed by atoms with Crippen molar-refractivity contribution in [2.45, 2.75) is 32.2 Å². The molecule has 0 aliphatic carbocycles. The van der Waals surface area contributed by atoms with Gasteiger partial charge in [-0.3, -0.25) is 4.79 Å². The molecule has 6 nitrogen and oxygen atoms in total. The quantitative estimate of drug-likeness (QED) is 0.287. The van der Waals surface area contributed by atoms with E-state index in [9.17, 15) is 13.2 Å². The number of para-hydroxylation sites is 3. The summed E-state index contributed by atoms with van der Waals surface area (Å²) in [6, 6.07) is 29.3. The number of rotatable bonds is 9. The van der Waals surface area contributed by atoms with Crippen LogP contribution < -0.4 is 10.1 Å². The lowest BCUT2D eigenvalue weighted by atomic mass is 10.1. The summed E-state index contributed by atoms with van der Waals surface area (Å²) in [6.07, 6.45) is 0. The predicted molar refractivity (Wildman–Crippen MR) is 146 cm³/mol. The molecule has 0 spiro atoms. The second kappa shape index (κ2) is 11.4. The molecular weight excluding hydrogens is 484 g/mol. The van der Waals surface area contributed by atoms with Gasteiger partial charge in [0.1, 0.15) is 5.75 Å². The highest BCUT2D eigenvalue weighted by atomic mass is 32.2. The number of anilines is 1. The number of nitrogens with one attached hydrogen (secondary N) is 1. The van der Waals surface area contributed by atoms with Gasteiger partial charge in [-0.1, -0.05) is 78.4 Å². The Morgan fingerprint density at radius 3 is 2.03 bits per heavy atom. The van der Waals surface area contributed by atoms with Crippen molar-refractivity contribution >= 4 is 21.6 Å². The van der Waals surface area contributed by atoms with Crippen molar-refractivity contribution in [1.82, 2.24) is 4.31 Å². The lowest BCUT2D eigenvalue weighted by Crippen LogP contribution is -2.38. The standard InChI is InChI=1S/C30H30N2O4S/c1-22-18-23(2)30(24(3)19-22)37(34,35)32(20-25-12-6-4-7-13-25)21-29(33)31-27-16-10-11-17-28(27)36-26-14-8-5-9-15-26/h4-19H,20-21H2,1-3H3,(H,31,33). The molecule has 0 aliphatic heterocycles. The van der Waals surface area contributed by atoms with Crippen molar-refractivity contribution < 1.29 is 17.9 Å². The summed E-state index contributed by atoms with van der Waals surface area (Å²) < 4.78 is 35.0. The van der Waals surface area contributed by atoms with Gasteiger partial charge >= 0.3 is 0 Å². The molecule has 4 aromatic carbocycles. The number of sulfonamides is 1. The Labute approximate surface area is 218 Å². The number of benzene rings is 4. The van der Waals surface area contributed by atoms with Gasteiger partial charge < -0.3 is 10.1 Å². The van der Waals surface area contributed by atoms with Crippen LogP contribution in [0.1, 0.15) is 22.3 Å². The largest absolute Gasteiger partial charge is 0.455 e. The van der Waals surface area contributed by atoms with Crippen molar-refractivity contribution in [2.75, 3.05) is 11.9 Å². The van der Waals surface area contributed by atoms with E-state index in [2.05, 4.69) is 5.32 Å². The second-order valence-corrected chi connectivity index (χ2v) is 10.8. The number of carbonyl (C=O) groups excluding carboxylic acids is 1. The van der Waals surface area contributed by atoms with Crippen LogP contribution in [0.3, 0.4) is 0 Å². The lowest BCUT2D eigenvalue weighted by molar-refractivity contribution is -0.116. The number of hydrogen-bond acceptors (Lipinski definition) is 4. The second-order valence-electron chi connectivity index (χ2n) is 8.95. The Kier molecular flexibility index (Phi) is 8.06. The minimum atomic E-state index is -3.98. The van der Waals surface area contributed by atoms with Gasteiger partial charge in [-0.05, 0) is 61.7 Å². The molecule has 0 heterocycles. The first-order chi connectivity index (χ1) is 17.7. The highest BCUT2D eigenvalue weighted by Crippen LogP contribution is 2.30. The fourth-order valence-corrected chi connectivity index (χ4v) is 6.14. The number of aryl methyl sites for hydroxylation is 3. The number of ether oxygens (including phenoxy) is 1. The Balaban J connectivity index is 1.62. The smallest absolute Gasteiger partial charge is 0.244 e. The fraction of sp³-hybridized carbons (Fsp3) is 0.167. The highest BCUT2D eigenvalue weighted by Gasteiger charge is 2.30. The number of hydrogen-bond donors (Lipinski definition) is 1. The zero-order valence-corrected chi connectivity index (χ0v) is 22.0. The van der Waals surface area contributed by atoms with Crippen LogP contribution in [-0.4, -0.2) is 25.2 Å². The van der Waals surface area contributed by atoms with E-state index in [1.165, 1.54) is 4.31 Å². The summed E-state index contributed by atoms with van der Waals surface area (Å²) in [5.74, 6) is 0.624. The molecule has 0 saturated heterocycles. The molecular formula is C30H30N2O4S. The van der Waals surface area contributed by atoms with Gasteiger partial charge in [0, 0.05) is 6.54 Å². The van der Waals surface area contributed by atoms with Gasteiger partial charge in [0.2, 0.25) is 15.9 Å². The lowest BCUT2D eigenvalue weighted by Gasteiger charge is -2.24. The van der Waals surface area contributed by atoms with Gasteiger partial charge in [0.15, 0.2) is 5.75 Å². The van der Waals surface area contributed by atoms with Crippen molar-refractivity contribution in [3.8, 4) is 11.5 Å². The maximum Gasteiger partial charge on any atom is 0.244 e. The molecule has 0 unspecified atom stereocenters. The molecule has 0 saturated carbocycles. The van der Waals surface area contributed by atoms with E-state index in [4.69, 9.17) is 4.74 Å². The molecule has 0 aromatic heterocycles. The van der Waals surface area contributed by atoms with Crippen LogP contribution in [0.4, 0.5) is 5.69 Å². The molecule has 0 atom stereocenters. The van der Waals surface area contributed by atoms with Crippen molar-refractivity contribution in [1.29, 1.82) is 0 Å². The van der Waals surface area contributed by atoms with Crippen LogP contribution in [0.5, 0.6) is 11.5 Å². The summed E-state index contributed by atoms with van der Waals surface area (Å²) in [6.45, 7) is 5.20. The van der Waals surface area contributed by atoms with Crippen molar-refractivity contribution in [3.63, 3.8) is 0 Å². The van der Waals surface area contributed by atoms with Gasteiger partial charge in [-0.15, -0.1) is 0 Å². The molecule has 37 heavy (non-hydrogen) atoms. The average Bonchev–Trinajstić information content (AvgIpc) is 2.85. The van der Waals surface area contributed by atoms with Crippen LogP contribution in [0.15, 0.2) is 102 Å². The number of carbonyl (C=O) groups is 1. The Morgan fingerprint density at radius 2 is 1.38 bits per heavy atom. The van der Waals surface area contributed by atoms with Gasteiger partial charge in [0.05, 0.1) is 17.1 Å². The third-order valence-electron chi connectivity index (χ3n) is 5.86. The highest BCUT2D eigenvalue weighted by molar-refractivity contribution is 7.89. The van der Waals surface area contributed by atoms with Crippen molar-refractivity contribution in [3.05, 3.63) is 119 Å². The fourth-order valence-electron chi connectivity index (χ4n) is 4.34. The third kappa shape index (κ3) is 6.44. The van der Waals surface area contributed by atoms with Gasteiger partial charge in [-0.2, -0.15) is 4.31 Å². The van der Waals surface area contributed by atoms with Gasteiger partial charge in [-0.25, -0.2) is 8.42 Å². The Hall–Kier alpha value is -3.94. The first kappa shape index (κ1) is 26.1. The normalized spacial score (nSPS) is 11.4. The SMILES string of the molecule is Cc1cc(C)c(S(=O)(=O)N(CC(=O)Nc2ccccc2Oc2ccccc2)Cc2ccccc2)c(C)c1. The third-order valence-corrected chi connectivity index (χ3v) is 7.95. The molecule has 190 valence electrons. The van der Waals surface area contributed by atoms with Crippen LogP contribution in [0, 0.1) is 20.8 Å². The topological polar surface area (TPSA) is 75.7 Å². The number of amides is 1. The minimum absolute atomic E-state index is 0.0610. The summed E-state index contributed by atoms with van der Waals surface area (Å²) in [5.41, 5.74) is 3.52. The Bertz CT molecular complexity index is 1460. The summed E-state index contributed by atoms with van der Waals surface area (Å²) >= 11 is 0. The van der Waals surface area contributed by atoms with E-state index in [1.807, 2.05) is 85.8 Å². The van der Waals surface area contributed by atoms with Crippen LogP contribution >= 0.6 is 0 Å². The molecule has 1 N–H and O–H groups in total. The summed E-state index contributed by atoms with van der Waals surface area (Å²) in [7, 11) is -3.98. The van der Waals surface area contributed by atoms with E-state index in [0.29, 0.717) is 28.3 Å². The molecule has 0 aliphatic rings. The van der Waals surface area contributed by atoms with E-state index in [-0.39, 0.29) is 18.0 Å². The van der Waals surface area contributed by atoms with Crippen molar-refractivity contribution in [2.24, 2.45) is 0 Å². The maximum atomic E-state index is 13.9. The molecule has 0 fully saturated rings. The molecule has 0 bridgehead atoms. The van der Waals surface area contributed by atoms with Crippen LogP contribution in [0.25, 0.3) is 0 Å². The van der Waals surface area contributed by atoms with E-state index in [1.54, 1.807) is 32.0 Å². The first-order valence-electron chi connectivity index (χ1n) is 12.0. The van der Waals surface area contributed by atoms with E-state index >= 15 is 0 Å². The molecule has 4 rings (SSSR count). The van der Waals surface area contributed by atoms with Crippen LogP contribution in [0.2, 0.25) is 0 Å². The first-order valence-corrected chi connectivity index (χ1v) is 13.4. The zero-order chi connectivity index (χ0) is 26.4. The molecule has 7 heteroatoms. The maximum absolute atomic E-state index is 13.9.